The zero-order valence-corrected chi connectivity index (χ0v) is 16.5. The molecule has 0 saturated heterocycles. The second kappa shape index (κ2) is 8.75. The maximum Gasteiger partial charge on any atom is 0.0283 e. The van der Waals surface area contributed by atoms with Crippen molar-refractivity contribution in [3.05, 3.63) is 70.8 Å². The van der Waals surface area contributed by atoms with Gasteiger partial charge in [0.15, 0.2) is 0 Å². The van der Waals surface area contributed by atoms with Crippen LogP contribution in [0.4, 0.5) is 0 Å². The van der Waals surface area contributed by atoms with Crippen molar-refractivity contribution in [2.75, 3.05) is 0 Å². The number of rotatable bonds is 2. The van der Waals surface area contributed by atoms with Crippen molar-refractivity contribution < 1.29 is 0 Å². The van der Waals surface area contributed by atoms with Crippen molar-refractivity contribution >= 4 is 31.9 Å². The highest BCUT2D eigenvalue weighted by atomic mass is 79.9. The Labute approximate surface area is 146 Å². The SMILES string of the molecule is CC(C)(C)c1ccc(CBr)cc1.Cc1cccc(CBr)c1. The first-order valence-corrected chi connectivity index (χ1v) is 9.38. The molecule has 0 aliphatic heterocycles. The van der Waals surface area contributed by atoms with Crippen LogP contribution in [-0.2, 0) is 16.1 Å². The number of alkyl halides is 2. The van der Waals surface area contributed by atoms with E-state index in [0.717, 1.165) is 10.7 Å². The summed E-state index contributed by atoms with van der Waals surface area (Å²) in [6.45, 7) is 8.80. The maximum atomic E-state index is 3.43. The molecule has 2 rings (SSSR count). The summed E-state index contributed by atoms with van der Waals surface area (Å²) < 4.78 is 0. The Morgan fingerprint density at radius 1 is 0.810 bits per heavy atom. The third-order valence-electron chi connectivity index (χ3n) is 3.21. The van der Waals surface area contributed by atoms with E-state index in [0.29, 0.717) is 0 Å². The molecular formula is C19H24Br2. The Morgan fingerprint density at radius 3 is 1.76 bits per heavy atom. The first-order valence-electron chi connectivity index (χ1n) is 7.13. The highest BCUT2D eigenvalue weighted by molar-refractivity contribution is 9.08. The predicted octanol–water partition coefficient (Wildman–Crippen LogP) is 6.77. The van der Waals surface area contributed by atoms with Gasteiger partial charge in [-0.25, -0.2) is 0 Å². The van der Waals surface area contributed by atoms with Crippen molar-refractivity contribution in [1.82, 2.24) is 0 Å². The average Bonchev–Trinajstić information content (AvgIpc) is 2.47. The van der Waals surface area contributed by atoms with Gasteiger partial charge in [0.05, 0.1) is 0 Å². The average molecular weight is 412 g/mol. The Bertz CT molecular complexity index is 536. The topological polar surface area (TPSA) is 0 Å². The molecule has 0 atom stereocenters. The summed E-state index contributed by atoms with van der Waals surface area (Å²) in [6, 6.07) is 17.2. The molecule has 0 nitrogen and oxygen atoms in total. The van der Waals surface area contributed by atoms with Gasteiger partial charge in [-0.2, -0.15) is 0 Å². The fraction of sp³-hybridized carbons (Fsp3) is 0.368. The van der Waals surface area contributed by atoms with Gasteiger partial charge in [-0.3, -0.25) is 0 Å². The Kier molecular flexibility index (Phi) is 7.69. The molecule has 0 spiro atoms. The van der Waals surface area contributed by atoms with Crippen molar-refractivity contribution in [2.24, 2.45) is 0 Å². The Hall–Kier alpha value is -0.600. The molecule has 114 valence electrons. The second-order valence-electron chi connectivity index (χ2n) is 6.20. The molecule has 0 heterocycles. The van der Waals surface area contributed by atoms with Gasteiger partial charge in [-0.05, 0) is 29.0 Å². The molecule has 0 N–H and O–H groups in total. The van der Waals surface area contributed by atoms with Crippen LogP contribution in [0.25, 0.3) is 0 Å². The molecule has 0 aliphatic carbocycles. The molecule has 0 aromatic heterocycles. The summed E-state index contributed by atoms with van der Waals surface area (Å²) in [5, 5.41) is 1.89. The summed E-state index contributed by atoms with van der Waals surface area (Å²) in [4.78, 5) is 0. The monoisotopic (exact) mass is 410 g/mol. The molecule has 2 heteroatoms. The lowest BCUT2D eigenvalue weighted by Crippen LogP contribution is -2.10. The summed E-state index contributed by atoms with van der Waals surface area (Å²) in [6.07, 6.45) is 0. The van der Waals surface area contributed by atoms with Crippen LogP contribution in [0.15, 0.2) is 48.5 Å². The van der Waals surface area contributed by atoms with Crippen LogP contribution in [0.3, 0.4) is 0 Å². The molecule has 0 radical (unpaired) electrons. The van der Waals surface area contributed by atoms with E-state index in [4.69, 9.17) is 0 Å². The zero-order chi connectivity index (χ0) is 15.9. The highest BCUT2D eigenvalue weighted by Gasteiger charge is 2.12. The van der Waals surface area contributed by atoms with Gasteiger partial charge in [0, 0.05) is 10.7 Å². The van der Waals surface area contributed by atoms with E-state index in [1.807, 2.05) is 0 Å². The van der Waals surface area contributed by atoms with Gasteiger partial charge >= 0.3 is 0 Å². The van der Waals surface area contributed by atoms with Crippen LogP contribution in [0.5, 0.6) is 0 Å². The molecule has 0 aliphatic rings. The maximum absolute atomic E-state index is 3.43. The van der Waals surface area contributed by atoms with Gasteiger partial charge in [0.25, 0.3) is 0 Å². The number of hydrogen-bond acceptors (Lipinski definition) is 0. The van der Waals surface area contributed by atoms with Crippen molar-refractivity contribution in [3.8, 4) is 0 Å². The predicted molar refractivity (Wildman–Crippen MR) is 102 cm³/mol. The molecular weight excluding hydrogens is 388 g/mol. The number of aryl methyl sites for hydroxylation is 1. The van der Waals surface area contributed by atoms with Crippen LogP contribution in [-0.4, -0.2) is 0 Å². The third-order valence-corrected chi connectivity index (χ3v) is 4.51. The molecule has 0 saturated carbocycles. The van der Waals surface area contributed by atoms with E-state index >= 15 is 0 Å². The fourth-order valence-electron chi connectivity index (χ4n) is 1.89. The quantitative estimate of drug-likeness (QED) is 0.478. The van der Waals surface area contributed by atoms with Crippen molar-refractivity contribution in [2.45, 2.75) is 43.8 Å². The van der Waals surface area contributed by atoms with Gasteiger partial charge in [0.1, 0.15) is 0 Å². The van der Waals surface area contributed by atoms with Gasteiger partial charge in [0.2, 0.25) is 0 Å². The summed E-state index contributed by atoms with van der Waals surface area (Å²) in [7, 11) is 0. The van der Waals surface area contributed by atoms with Crippen molar-refractivity contribution in [1.29, 1.82) is 0 Å². The van der Waals surface area contributed by atoms with Crippen LogP contribution >= 0.6 is 31.9 Å². The standard InChI is InChI=1S/C11H15Br.C8H9Br/c1-11(2,3)10-6-4-9(8-12)5-7-10;1-7-3-2-4-8(5-7)6-9/h4-7H,8H2,1-3H3;2-5H,6H2,1H3. The van der Waals surface area contributed by atoms with Gasteiger partial charge in [-0.15, -0.1) is 0 Å². The van der Waals surface area contributed by atoms with E-state index in [9.17, 15) is 0 Å². The van der Waals surface area contributed by atoms with E-state index < -0.39 is 0 Å². The summed E-state index contributed by atoms with van der Waals surface area (Å²) >= 11 is 6.82. The normalized spacial score (nSPS) is 10.8. The van der Waals surface area contributed by atoms with Crippen molar-refractivity contribution in [3.63, 3.8) is 0 Å². The first-order chi connectivity index (χ1) is 9.86. The lowest BCUT2D eigenvalue weighted by molar-refractivity contribution is 0.590. The smallest absolute Gasteiger partial charge is 0.0283 e. The van der Waals surface area contributed by atoms with E-state index in [1.165, 1.54) is 22.3 Å². The van der Waals surface area contributed by atoms with Crippen LogP contribution in [0.1, 0.15) is 43.0 Å². The summed E-state index contributed by atoms with van der Waals surface area (Å²) in [5.74, 6) is 0. The third kappa shape index (κ3) is 6.80. The fourth-order valence-corrected chi connectivity index (χ4v) is 2.61. The minimum Gasteiger partial charge on any atom is -0.0876 e. The van der Waals surface area contributed by atoms with Crippen LogP contribution in [0.2, 0.25) is 0 Å². The van der Waals surface area contributed by atoms with Crippen LogP contribution < -0.4 is 0 Å². The Morgan fingerprint density at radius 2 is 1.38 bits per heavy atom. The minimum atomic E-state index is 0.269. The van der Waals surface area contributed by atoms with E-state index in [-0.39, 0.29) is 5.41 Å². The summed E-state index contributed by atoms with van der Waals surface area (Å²) in [5.41, 5.74) is 5.67. The molecule has 21 heavy (non-hydrogen) atoms. The molecule has 0 bridgehead atoms. The second-order valence-corrected chi connectivity index (χ2v) is 7.32. The lowest BCUT2D eigenvalue weighted by Gasteiger charge is -2.18. The zero-order valence-electron chi connectivity index (χ0n) is 13.3. The van der Waals surface area contributed by atoms with E-state index in [1.54, 1.807) is 0 Å². The van der Waals surface area contributed by atoms with Gasteiger partial charge in [-0.1, -0.05) is 107 Å². The molecule has 0 amide bonds. The molecule has 0 fully saturated rings. The Balaban J connectivity index is 0.000000219. The minimum absolute atomic E-state index is 0.269. The molecule has 2 aromatic carbocycles. The lowest BCUT2D eigenvalue weighted by atomic mass is 9.87. The molecule has 0 unspecified atom stereocenters. The first kappa shape index (κ1) is 18.4. The van der Waals surface area contributed by atoms with Gasteiger partial charge < -0.3 is 0 Å². The molecule has 2 aromatic rings. The number of benzene rings is 2. The highest BCUT2D eigenvalue weighted by Crippen LogP contribution is 2.22. The number of hydrogen-bond donors (Lipinski definition) is 0. The number of halogens is 2. The van der Waals surface area contributed by atoms with E-state index in [2.05, 4.69) is 108 Å². The largest absolute Gasteiger partial charge is 0.0876 e. The van der Waals surface area contributed by atoms with Crippen LogP contribution in [0, 0.1) is 6.92 Å².